The second kappa shape index (κ2) is 11.6. The quantitative estimate of drug-likeness (QED) is 0.367. The van der Waals surface area contributed by atoms with E-state index in [1.807, 2.05) is 24.3 Å². The van der Waals surface area contributed by atoms with Crippen molar-refractivity contribution in [3.8, 4) is 0 Å². The third-order valence-corrected chi connectivity index (χ3v) is 5.94. The highest BCUT2D eigenvalue weighted by molar-refractivity contribution is 5.95. The molecule has 3 aromatic rings. The molecule has 0 aliphatic rings. The van der Waals surface area contributed by atoms with Gasteiger partial charge in [-0.25, -0.2) is 4.79 Å². The molecule has 7 nitrogen and oxygen atoms in total. The standard InChI is InChI=1S/C29H32N2O5/c1-29(2,3)22-16-14-19(15-17-22)18-23(28(35)36)30-27(34)25(32)24(20-10-6-4-7-11-20)31-26(33)21-12-8-5-9-13-21/h4-17,23-25,32H,18H2,1-3H3,(H,30,34)(H,31,33)(H,35,36)/t23-,24+,25-/m1/s1. The van der Waals surface area contributed by atoms with Crippen molar-refractivity contribution in [1.29, 1.82) is 0 Å². The van der Waals surface area contributed by atoms with Crippen LogP contribution in [0.5, 0.6) is 0 Å². The molecule has 3 aromatic carbocycles. The van der Waals surface area contributed by atoms with Gasteiger partial charge in [0.15, 0.2) is 6.10 Å². The minimum Gasteiger partial charge on any atom is -0.480 e. The van der Waals surface area contributed by atoms with Gasteiger partial charge in [0, 0.05) is 12.0 Å². The largest absolute Gasteiger partial charge is 0.480 e. The van der Waals surface area contributed by atoms with Gasteiger partial charge in [0.05, 0.1) is 6.04 Å². The Morgan fingerprint density at radius 3 is 1.89 bits per heavy atom. The number of carbonyl (C=O) groups is 3. The van der Waals surface area contributed by atoms with Gasteiger partial charge in [0.25, 0.3) is 11.8 Å². The number of aliphatic hydroxyl groups is 1. The van der Waals surface area contributed by atoms with Crippen molar-refractivity contribution in [1.82, 2.24) is 10.6 Å². The van der Waals surface area contributed by atoms with Crippen molar-refractivity contribution in [3.05, 3.63) is 107 Å². The highest BCUT2D eigenvalue weighted by Gasteiger charge is 2.32. The van der Waals surface area contributed by atoms with Crippen molar-refractivity contribution in [2.75, 3.05) is 0 Å². The molecule has 4 N–H and O–H groups in total. The molecule has 0 aliphatic heterocycles. The highest BCUT2D eigenvalue weighted by Crippen LogP contribution is 2.23. The fraction of sp³-hybridized carbons (Fsp3) is 0.276. The molecule has 0 bridgehead atoms. The number of nitrogens with one attached hydrogen (secondary N) is 2. The zero-order valence-electron chi connectivity index (χ0n) is 20.6. The number of rotatable bonds is 9. The Balaban J connectivity index is 1.76. The molecule has 0 saturated carbocycles. The summed E-state index contributed by atoms with van der Waals surface area (Å²) in [4.78, 5) is 37.7. The Kier molecular flexibility index (Phi) is 8.61. The fourth-order valence-electron chi connectivity index (χ4n) is 3.80. The molecule has 0 fully saturated rings. The first-order valence-corrected chi connectivity index (χ1v) is 11.8. The van der Waals surface area contributed by atoms with E-state index in [0.29, 0.717) is 11.1 Å². The molecule has 0 radical (unpaired) electrons. The van der Waals surface area contributed by atoms with Crippen LogP contribution in [-0.2, 0) is 21.4 Å². The zero-order chi connectivity index (χ0) is 26.3. The minimum atomic E-state index is -1.72. The lowest BCUT2D eigenvalue weighted by molar-refractivity contribution is -0.143. The third-order valence-electron chi connectivity index (χ3n) is 5.94. The number of aliphatic hydroxyl groups excluding tert-OH is 1. The van der Waals surface area contributed by atoms with E-state index in [1.54, 1.807) is 60.7 Å². The van der Waals surface area contributed by atoms with E-state index in [9.17, 15) is 24.6 Å². The molecule has 3 atom stereocenters. The van der Waals surface area contributed by atoms with Crippen molar-refractivity contribution in [3.63, 3.8) is 0 Å². The van der Waals surface area contributed by atoms with Crippen LogP contribution in [0.25, 0.3) is 0 Å². The Hall–Kier alpha value is -3.97. The number of aliphatic carboxylic acids is 1. The highest BCUT2D eigenvalue weighted by atomic mass is 16.4. The molecular weight excluding hydrogens is 456 g/mol. The Labute approximate surface area is 211 Å². The average molecular weight is 489 g/mol. The van der Waals surface area contributed by atoms with Crippen LogP contribution in [0.3, 0.4) is 0 Å². The molecule has 0 heterocycles. The van der Waals surface area contributed by atoms with Crippen LogP contribution in [0.4, 0.5) is 0 Å². The summed E-state index contributed by atoms with van der Waals surface area (Å²) in [6.07, 6.45) is -1.67. The maximum Gasteiger partial charge on any atom is 0.326 e. The lowest BCUT2D eigenvalue weighted by Crippen LogP contribution is -2.50. The smallest absolute Gasteiger partial charge is 0.326 e. The topological polar surface area (TPSA) is 116 Å². The summed E-state index contributed by atoms with van der Waals surface area (Å²) in [5, 5.41) is 25.8. The van der Waals surface area contributed by atoms with Crippen molar-refractivity contribution in [2.24, 2.45) is 0 Å². The summed E-state index contributed by atoms with van der Waals surface area (Å²) in [7, 11) is 0. The predicted molar refractivity (Wildman–Crippen MR) is 138 cm³/mol. The number of carboxylic acid groups (broad SMARTS) is 1. The first kappa shape index (κ1) is 26.6. The number of carbonyl (C=O) groups excluding carboxylic acids is 2. The predicted octanol–water partition coefficient (Wildman–Crippen LogP) is 3.63. The van der Waals surface area contributed by atoms with Crippen molar-refractivity contribution >= 4 is 17.8 Å². The summed E-state index contributed by atoms with van der Waals surface area (Å²) in [5.74, 6) is -2.58. The first-order chi connectivity index (χ1) is 17.1. The molecule has 3 rings (SSSR count). The van der Waals surface area contributed by atoms with E-state index < -0.39 is 36.0 Å². The minimum absolute atomic E-state index is 0.0420. The van der Waals surface area contributed by atoms with Crippen molar-refractivity contribution < 1.29 is 24.6 Å². The van der Waals surface area contributed by atoms with Gasteiger partial charge < -0.3 is 20.8 Å². The van der Waals surface area contributed by atoms with Crippen LogP contribution in [0, 0.1) is 0 Å². The Morgan fingerprint density at radius 1 is 0.806 bits per heavy atom. The second-order valence-corrected chi connectivity index (χ2v) is 9.72. The van der Waals surface area contributed by atoms with Crippen LogP contribution in [0.1, 0.15) is 53.9 Å². The number of benzene rings is 3. The third kappa shape index (κ3) is 7.02. The summed E-state index contributed by atoms with van der Waals surface area (Å²) >= 11 is 0. The summed E-state index contributed by atoms with van der Waals surface area (Å²) in [6, 6.07) is 22.2. The zero-order valence-corrected chi connectivity index (χ0v) is 20.6. The Bertz CT molecular complexity index is 1170. The van der Waals surface area contributed by atoms with Gasteiger partial charge in [-0.1, -0.05) is 93.6 Å². The van der Waals surface area contributed by atoms with Crippen LogP contribution >= 0.6 is 0 Å². The number of hydrogen-bond donors (Lipinski definition) is 4. The van der Waals surface area contributed by atoms with Gasteiger partial charge in [-0.15, -0.1) is 0 Å². The molecular formula is C29H32N2O5. The molecule has 0 aliphatic carbocycles. The van der Waals surface area contributed by atoms with E-state index in [4.69, 9.17) is 0 Å². The van der Waals surface area contributed by atoms with E-state index in [2.05, 4.69) is 31.4 Å². The van der Waals surface area contributed by atoms with E-state index in [-0.39, 0.29) is 11.8 Å². The molecule has 0 aromatic heterocycles. The number of hydrogen-bond acceptors (Lipinski definition) is 4. The molecule has 0 spiro atoms. The summed E-state index contributed by atoms with van der Waals surface area (Å²) in [5.41, 5.74) is 2.68. The lowest BCUT2D eigenvalue weighted by atomic mass is 9.86. The lowest BCUT2D eigenvalue weighted by Gasteiger charge is -2.25. The summed E-state index contributed by atoms with van der Waals surface area (Å²) in [6.45, 7) is 6.26. The normalized spacial score (nSPS) is 13.8. The molecule has 7 heteroatoms. The van der Waals surface area contributed by atoms with E-state index >= 15 is 0 Å². The number of amides is 2. The van der Waals surface area contributed by atoms with Crippen LogP contribution in [0.15, 0.2) is 84.9 Å². The molecule has 36 heavy (non-hydrogen) atoms. The fourth-order valence-corrected chi connectivity index (χ4v) is 3.80. The average Bonchev–Trinajstić information content (AvgIpc) is 2.87. The van der Waals surface area contributed by atoms with Crippen LogP contribution < -0.4 is 10.6 Å². The number of carboxylic acids is 1. The molecule has 188 valence electrons. The molecule has 2 amide bonds. The maximum absolute atomic E-state index is 13.0. The van der Waals surface area contributed by atoms with E-state index in [1.165, 1.54) is 0 Å². The van der Waals surface area contributed by atoms with E-state index in [0.717, 1.165) is 11.1 Å². The van der Waals surface area contributed by atoms with Gasteiger partial charge in [0.1, 0.15) is 6.04 Å². The first-order valence-electron chi connectivity index (χ1n) is 11.8. The molecule has 0 unspecified atom stereocenters. The van der Waals surface area contributed by atoms with Gasteiger partial charge in [0.2, 0.25) is 0 Å². The maximum atomic E-state index is 13.0. The molecule has 0 saturated heterocycles. The van der Waals surface area contributed by atoms with Gasteiger partial charge >= 0.3 is 5.97 Å². The summed E-state index contributed by atoms with van der Waals surface area (Å²) < 4.78 is 0. The van der Waals surface area contributed by atoms with Gasteiger partial charge in [-0.2, -0.15) is 0 Å². The van der Waals surface area contributed by atoms with Gasteiger partial charge in [-0.3, -0.25) is 9.59 Å². The Morgan fingerprint density at radius 2 is 1.36 bits per heavy atom. The van der Waals surface area contributed by atoms with Crippen molar-refractivity contribution in [2.45, 2.75) is 50.8 Å². The van der Waals surface area contributed by atoms with Gasteiger partial charge in [-0.05, 0) is 34.2 Å². The van der Waals surface area contributed by atoms with Crippen LogP contribution in [-0.4, -0.2) is 40.1 Å². The SMILES string of the molecule is CC(C)(C)c1ccc(C[C@@H](NC(=O)[C@H](O)[C@@H](NC(=O)c2ccccc2)c2ccccc2)C(=O)O)cc1. The monoisotopic (exact) mass is 488 g/mol. The second-order valence-electron chi connectivity index (χ2n) is 9.72. The van der Waals surface area contributed by atoms with Crippen LogP contribution in [0.2, 0.25) is 0 Å².